The number of aryl methyl sites for hydroxylation is 1. The van der Waals surface area contributed by atoms with Gasteiger partial charge in [0.2, 0.25) is 0 Å². The fraction of sp³-hybridized carbons (Fsp3) is 0.125. The van der Waals surface area contributed by atoms with E-state index in [9.17, 15) is 9.90 Å². The Hall–Kier alpha value is -2.09. The van der Waals surface area contributed by atoms with Gasteiger partial charge in [0, 0.05) is 5.69 Å². The van der Waals surface area contributed by atoms with E-state index >= 15 is 0 Å². The number of nitrogens with one attached hydrogen (secondary N) is 2. The van der Waals surface area contributed by atoms with Crippen molar-refractivity contribution in [3.8, 4) is 5.75 Å². The predicted octanol–water partition coefficient (Wildman–Crippen LogP) is 2.87. The number of phenolic OH excluding ortho intramolecular Hbond substituents is 1. The summed E-state index contributed by atoms with van der Waals surface area (Å²) in [5.41, 5.74) is 5.28. The van der Waals surface area contributed by atoms with Crippen molar-refractivity contribution < 1.29 is 9.90 Å². The van der Waals surface area contributed by atoms with E-state index in [1.807, 2.05) is 53.8 Å². The van der Waals surface area contributed by atoms with Crippen molar-refractivity contribution in [3.63, 3.8) is 0 Å². The van der Waals surface area contributed by atoms with E-state index in [2.05, 4.69) is 15.8 Å². The van der Waals surface area contributed by atoms with Crippen LogP contribution < -0.4 is 10.7 Å². The number of hydrogen-bond donors (Lipinski definition) is 3. The minimum atomic E-state index is -0.230. The Balaban J connectivity index is 1.82. The van der Waals surface area contributed by atoms with Crippen LogP contribution in [0.15, 0.2) is 47.6 Å². The van der Waals surface area contributed by atoms with Crippen molar-refractivity contribution in [2.75, 3.05) is 11.9 Å². The molecule has 5 nitrogen and oxygen atoms in total. The third-order valence-electron chi connectivity index (χ3n) is 2.85. The number of hydrazone groups is 1. The van der Waals surface area contributed by atoms with Crippen LogP contribution in [-0.2, 0) is 4.79 Å². The number of nitrogens with zero attached hydrogens (tertiary/aromatic N) is 1. The number of benzene rings is 2. The number of rotatable bonds is 5. The molecule has 0 radical (unpaired) electrons. The van der Waals surface area contributed by atoms with Crippen molar-refractivity contribution in [2.24, 2.45) is 5.10 Å². The van der Waals surface area contributed by atoms with Crippen LogP contribution in [-0.4, -0.2) is 23.8 Å². The second-order valence-electron chi connectivity index (χ2n) is 4.73. The monoisotopic (exact) mass is 409 g/mol. The van der Waals surface area contributed by atoms with E-state index in [-0.39, 0.29) is 18.2 Å². The summed E-state index contributed by atoms with van der Waals surface area (Å²) in [5.74, 6) is -0.00429. The summed E-state index contributed by atoms with van der Waals surface area (Å²) < 4.78 is 0.731. The normalized spacial score (nSPS) is 10.6. The lowest BCUT2D eigenvalue weighted by Gasteiger charge is -2.05. The molecule has 1 amide bonds. The molecule has 114 valence electrons. The number of phenols is 1. The standard InChI is InChI=1S/C16H16IN3O2/c1-11-3-2-4-13(7-11)18-10-16(22)20-19-9-12-5-6-15(21)14(17)8-12/h2-9,18,21H,10H2,1H3,(H,20,22)/b19-9-. The molecule has 0 heterocycles. The van der Waals surface area contributed by atoms with E-state index in [4.69, 9.17) is 0 Å². The van der Waals surface area contributed by atoms with Gasteiger partial charge in [-0.1, -0.05) is 12.1 Å². The summed E-state index contributed by atoms with van der Waals surface area (Å²) in [5, 5.41) is 16.3. The highest BCUT2D eigenvalue weighted by Gasteiger charge is 2.00. The second kappa shape index (κ2) is 7.79. The van der Waals surface area contributed by atoms with Gasteiger partial charge in [0.05, 0.1) is 16.3 Å². The van der Waals surface area contributed by atoms with Gasteiger partial charge in [0.25, 0.3) is 5.91 Å². The lowest BCUT2D eigenvalue weighted by Crippen LogP contribution is -2.25. The first kappa shape index (κ1) is 16.3. The molecule has 0 bridgehead atoms. The molecule has 0 fully saturated rings. The third kappa shape index (κ3) is 5.03. The van der Waals surface area contributed by atoms with E-state index < -0.39 is 0 Å². The van der Waals surface area contributed by atoms with Gasteiger partial charge in [-0.2, -0.15) is 5.10 Å². The van der Waals surface area contributed by atoms with Gasteiger partial charge in [-0.25, -0.2) is 5.43 Å². The Morgan fingerprint density at radius 2 is 2.14 bits per heavy atom. The molecular weight excluding hydrogens is 393 g/mol. The fourth-order valence-electron chi connectivity index (χ4n) is 1.76. The average molecular weight is 409 g/mol. The van der Waals surface area contributed by atoms with Crippen molar-refractivity contribution in [1.29, 1.82) is 0 Å². The molecule has 2 aromatic rings. The van der Waals surface area contributed by atoms with Gasteiger partial charge in [-0.3, -0.25) is 4.79 Å². The highest BCUT2D eigenvalue weighted by Crippen LogP contribution is 2.19. The molecule has 2 aromatic carbocycles. The number of hydrogen-bond acceptors (Lipinski definition) is 4. The predicted molar refractivity (Wildman–Crippen MR) is 96.2 cm³/mol. The lowest BCUT2D eigenvalue weighted by atomic mass is 10.2. The number of amides is 1. The largest absolute Gasteiger partial charge is 0.507 e. The zero-order chi connectivity index (χ0) is 15.9. The van der Waals surface area contributed by atoms with Gasteiger partial charge >= 0.3 is 0 Å². The van der Waals surface area contributed by atoms with Crippen LogP contribution in [0.5, 0.6) is 5.75 Å². The van der Waals surface area contributed by atoms with Crippen molar-refractivity contribution >= 4 is 40.4 Å². The van der Waals surface area contributed by atoms with Crippen molar-refractivity contribution in [1.82, 2.24) is 5.43 Å². The number of carbonyl (C=O) groups is 1. The first-order chi connectivity index (χ1) is 10.5. The first-order valence-electron chi connectivity index (χ1n) is 6.65. The Bertz CT molecular complexity index is 702. The van der Waals surface area contributed by atoms with Gasteiger partial charge in [-0.15, -0.1) is 0 Å². The molecule has 0 unspecified atom stereocenters. The molecule has 6 heteroatoms. The van der Waals surface area contributed by atoms with Gasteiger partial charge < -0.3 is 10.4 Å². The molecule has 0 saturated carbocycles. The highest BCUT2D eigenvalue weighted by molar-refractivity contribution is 14.1. The molecule has 0 aliphatic carbocycles. The van der Waals surface area contributed by atoms with E-state index in [1.54, 1.807) is 18.2 Å². The minimum Gasteiger partial charge on any atom is -0.507 e. The van der Waals surface area contributed by atoms with Gasteiger partial charge in [-0.05, 0) is 71.0 Å². The summed E-state index contributed by atoms with van der Waals surface area (Å²) >= 11 is 2.03. The molecule has 0 aromatic heterocycles. The number of carbonyl (C=O) groups excluding carboxylic acids is 1. The first-order valence-corrected chi connectivity index (χ1v) is 7.73. The van der Waals surface area contributed by atoms with Crippen LogP contribution in [0.25, 0.3) is 0 Å². The Labute approximate surface area is 142 Å². The van der Waals surface area contributed by atoms with Crippen LogP contribution in [0.4, 0.5) is 5.69 Å². The molecule has 3 N–H and O–H groups in total. The highest BCUT2D eigenvalue weighted by atomic mass is 127. The quantitative estimate of drug-likeness (QED) is 0.404. The maximum Gasteiger partial charge on any atom is 0.259 e. The molecule has 0 atom stereocenters. The van der Waals surface area contributed by atoms with Gasteiger partial charge in [0.1, 0.15) is 5.75 Å². The summed E-state index contributed by atoms with van der Waals surface area (Å²) in [7, 11) is 0. The third-order valence-corrected chi connectivity index (χ3v) is 3.71. The van der Waals surface area contributed by atoms with Crippen molar-refractivity contribution in [3.05, 3.63) is 57.2 Å². The second-order valence-corrected chi connectivity index (χ2v) is 5.89. The Kier molecular flexibility index (Phi) is 5.76. The van der Waals surface area contributed by atoms with E-state index in [1.165, 1.54) is 6.21 Å². The maximum atomic E-state index is 11.7. The maximum absolute atomic E-state index is 11.7. The number of anilines is 1. The molecular formula is C16H16IN3O2. The average Bonchev–Trinajstić information content (AvgIpc) is 2.49. The lowest BCUT2D eigenvalue weighted by molar-refractivity contribution is -0.119. The number of halogens is 1. The summed E-state index contributed by atoms with van der Waals surface area (Å²) in [4.78, 5) is 11.7. The molecule has 22 heavy (non-hydrogen) atoms. The smallest absolute Gasteiger partial charge is 0.259 e. The molecule has 0 aliphatic heterocycles. The topological polar surface area (TPSA) is 73.7 Å². The molecule has 0 spiro atoms. The van der Waals surface area contributed by atoms with Crippen LogP contribution >= 0.6 is 22.6 Å². The van der Waals surface area contributed by atoms with Crippen LogP contribution in [0.1, 0.15) is 11.1 Å². The minimum absolute atomic E-state index is 0.147. The Morgan fingerprint density at radius 1 is 1.32 bits per heavy atom. The zero-order valence-electron chi connectivity index (χ0n) is 12.0. The Morgan fingerprint density at radius 3 is 2.86 bits per heavy atom. The van der Waals surface area contributed by atoms with Crippen LogP contribution in [0.3, 0.4) is 0 Å². The molecule has 0 saturated heterocycles. The zero-order valence-corrected chi connectivity index (χ0v) is 14.2. The van der Waals surface area contributed by atoms with Crippen LogP contribution in [0, 0.1) is 10.5 Å². The SMILES string of the molecule is Cc1cccc(NCC(=O)N/N=C\c2ccc(O)c(I)c2)c1. The summed E-state index contributed by atoms with van der Waals surface area (Å²) in [6.45, 7) is 2.14. The van der Waals surface area contributed by atoms with Gasteiger partial charge in [0.15, 0.2) is 0 Å². The fourth-order valence-corrected chi connectivity index (χ4v) is 2.30. The van der Waals surface area contributed by atoms with Crippen molar-refractivity contribution in [2.45, 2.75) is 6.92 Å². The molecule has 0 aliphatic rings. The molecule has 2 rings (SSSR count). The summed E-state index contributed by atoms with van der Waals surface area (Å²) in [6.07, 6.45) is 1.53. The van der Waals surface area contributed by atoms with E-state index in [0.29, 0.717) is 0 Å². The van der Waals surface area contributed by atoms with Crippen LogP contribution in [0.2, 0.25) is 0 Å². The van der Waals surface area contributed by atoms with E-state index in [0.717, 1.165) is 20.4 Å². The summed E-state index contributed by atoms with van der Waals surface area (Å²) in [6, 6.07) is 12.9. The number of aromatic hydroxyl groups is 1.